The van der Waals surface area contributed by atoms with Gasteiger partial charge in [-0.05, 0) is 30.7 Å². The molecule has 1 N–H and O–H groups in total. The normalized spacial score (nSPS) is 11.4. The number of aromatic nitrogens is 2. The van der Waals surface area contributed by atoms with Crippen LogP contribution in [0.5, 0.6) is 11.5 Å². The maximum Gasteiger partial charge on any atom is 0.405 e. The van der Waals surface area contributed by atoms with Gasteiger partial charge in [0, 0.05) is 5.75 Å². The highest BCUT2D eigenvalue weighted by atomic mass is 32.2. The van der Waals surface area contributed by atoms with Crippen LogP contribution in [0.4, 0.5) is 18.3 Å². The summed E-state index contributed by atoms with van der Waals surface area (Å²) in [6.07, 6.45) is -3.32. The number of thioether (sulfide) groups is 1. The van der Waals surface area contributed by atoms with Gasteiger partial charge in [0.1, 0.15) is 18.0 Å². The molecule has 0 aliphatic rings. The van der Waals surface area contributed by atoms with Gasteiger partial charge in [-0.2, -0.15) is 13.2 Å². The van der Waals surface area contributed by atoms with E-state index in [1.54, 1.807) is 0 Å². The number of rotatable bonds is 10. The first-order chi connectivity index (χ1) is 12.0. The highest BCUT2D eigenvalue weighted by molar-refractivity contribution is 8.01. The van der Waals surface area contributed by atoms with Crippen LogP contribution in [0, 0.1) is 0 Å². The first-order valence-electron chi connectivity index (χ1n) is 7.59. The molecular weight excluding hydrogens is 375 g/mol. The molecule has 10 heteroatoms. The first kappa shape index (κ1) is 19.6. The van der Waals surface area contributed by atoms with Gasteiger partial charge in [0.2, 0.25) is 5.13 Å². The molecule has 0 unspecified atom stereocenters. The summed E-state index contributed by atoms with van der Waals surface area (Å²) in [6.45, 7) is 2.05. The third-order valence-electron chi connectivity index (χ3n) is 2.72. The van der Waals surface area contributed by atoms with E-state index in [4.69, 9.17) is 9.47 Å². The number of halogens is 3. The smallest absolute Gasteiger partial charge is 0.405 e. The van der Waals surface area contributed by atoms with E-state index in [1.807, 2.05) is 31.2 Å². The van der Waals surface area contributed by atoms with E-state index < -0.39 is 12.7 Å². The highest BCUT2D eigenvalue weighted by Crippen LogP contribution is 2.26. The van der Waals surface area contributed by atoms with Gasteiger partial charge in [0.05, 0.1) is 13.2 Å². The zero-order valence-electron chi connectivity index (χ0n) is 13.5. The summed E-state index contributed by atoms with van der Waals surface area (Å²) in [5.41, 5.74) is 0. The van der Waals surface area contributed by atoms with E-state index in [0.717, 1.165) is 29.3 Å². The van der Waals surface area contributed by atoms with Crippen LogP contribution < -0.4 is 14.8 Å². The minimum atomic E-state index is -4.27. The Hall–Kier alpha value is -1.68. The lowest BCUT2D eigenvalue weighted by Crippen LogP contribution is -2.21. The predicted molar refractivity (Wildman–Crippen MR) is 92.9 cm³/mol. The summed E-state index contributed by atoms with van der Waals surface area (Å²) in [4.78, 5) is 0. The van der Waals surface area contributed by atoms with Crippen LogP contribution in [0.25, 0.3) is 0 Å². The number of alkyl halides is 3. The molecular formula is C15H18F3N3O2S2. The van der Waals surface area contributed by atoms with Gasteiger partial charge in [-0.3, -0.25) is 0 Å². The summed E-state index contributed by atoms with van der Waals surface area (Å²) < 4.78 is 48.0. The second kappa shape index (κ2) is 9.71. The van der Waals surface area contributed by atoms with Crippen molar-refractivity contribution in [2.24, 2.45) is 0 Å². The summed E-state index contributed by atoms with van der Waals surface area (Å²) in [5, 5.41) is 9.86. The number of benzene rings is 1. The van der Waals surface area contributed by atoms with E-state index in [0.29, 0.717) is 23.3 Å². The number of hydrogen-bond donors (Lipinski definition) is 1. The van der Waals surface area contributed by atoms with Crippen molar-refractivity contribution in [1.82, 2.24) is 10.2 Å². The molecule has 0 fully saturated rings. The Labute approximate surface area is 151 Å². The zero-order chi connectivity index (χ0) is 18.1. The Morgan fingerprint density at radius 3 is 2.32 bits per heavy atom. The fraction of sp³-hybridized carbons (Fsp3) is 0.467. The van der Waals surface area contributed by atoms with Gasteiger partial charge in [-0.25, -0.2) is 0 Å². The summed E-state index contributed by atoms with van der Waals surface area (Å²) in [7, 11) is 0. The minimum Gasteiger partial charge on any atom is -0.494 e. The lowest BCUT2D eigenvalue weighted by molar-refractivity contribution is -0.115. The van der Waals surface area contributed by atoms with Crippen LogP contribution in [-0.4, -0.2) is 41.9 Å². The van der Waals surface area contributed by atoms with E-state index >= 15 is 0 Å². The van der Waals surface area contributed by atoms with Gasteiger partial charge in [0.15, 0.2) is 4.34 Å². The van der Waals surface area contributed by atoms with Gasteiger partial charge in [0.25, 0.3) is 0 Å². The topological polar surface area (TPSA) is 56.3 Å². The molecule has 25 heavy (non-hydrogen) atoms. The fourth-order valence-corrected chi connectivity index (χ4v) is 3.29. The van der Waals surface area contributed by atoms with Crippen molar-refractivity contribution >= 4 is 28.2 Å². The Bertz CT molecular complexity index is 636. The summed E-state index contributed by atoms with van der Waals surface area (Å²) >= 11 is 2.47. The van der Waals surface area contributed by atoms with Crippen LogP contribution in [0.3, 0.4) is 0 Å². The lowest BCUT2D eigenvalue weighted by Gasteiger charge is -2.07. The molecule has 5 nitrogen and oxygen atoms in total. The standard InChI is InChI=1S/C15H18F3N3O2S2/c1-2-7-22-11-3-5-12(6-4-11)23-8-9-24-14-21-20-13(25-14)19-10-15(16,17)18/h3-6H,2,7-10H2,1H3,(H,19,20). The van der Waals surface area contributed by atoms with Crippen molar-refractivity contribution in [1.29, 1.82) is 0 Å². The Morgan fingerprint density at radius 1 is 1.08 bits per heavy atom. The predicted octanol–water partition coefficient (Wildman–Crippen LogP) is 4.47. The highest BCUT2D eigenvalue weighted by Gasteiger charge is 2.27. The van der Waals surface area contributed by atoms with Gasteiger partial charge < -0.3 is 14.8 Å². The average molecular weight is 393 g/mol. The second-order valence-electron chi connectivity index (χ2n) is 4.86. The third-order valence-corrected chi connectivity index (χ3v) is 4.70. The number of ether oxygens (including phenoxy) is 2. The summed E-state index contributed by atoms with van der Waals surface area (Å²) in [6, 6.07) is 7.36. The first-order valence-corrected chi connectivity index (χ1v) is 9.39. The van der Waals surface area contributed by atoms with E-state index in [-0.39, 0.29) is 5.13 Å². The number of hydrogen-bond acceptors (Lipinski definition) is 7. The maximum absolute atomic E-state index is 12.1. The molecule has 138 valence electrons. The molecule has 0 saturated heterocycles. The van der Waals surface area contributed by atoms with Crippen molar-refractivity contribution in [3.8, 4) is 11.5 Å². The van der Waals surface area contributed by atoms with Crippen molar-refractivity contribution in [2.75, 3.05) is 30.8 Å². The number of anilines is 1. The molecule has 0 radical (unpaired) electrons. The molecule has 0 aliphatic heterocycles. The van der Waals surface area contributed by atoms with Crippen LogP contribution in [0.1, 0.15) is 13.3 Å². The molecule has 1 aromatic carbocycles. The van der Waals surface area contributed by atoms with Crippen molar-refractivity contribution in [3.63, 3.8) is 0 Å². The fourth-order valence-electron chi connectivity index (χ4n) is 1.66. The molecule has 2 rings (SSSR count). The van der Waals surface area contributed by atoms with E-state index in [2.05, 4.69) is 15.5 Å². The molecule has 2 aromatic rings. The molecule has 0 spiro atoms. The lowest BCUT2D eigenvalue weighted by atomic mass is 10.3. The number of nitrogens with one attached hydrogen (secondary N) is 1. The van der Waals surface area contributed by atoms with Crippen LogP contribution in [0.2, 0.25) is 0 Å². The Morgan fingerprint density at radius 2 is 1.72 bits per heavy atom. The Kier molecular flexibility index (Phi) is 7.63. The van der Waals surface area contributed by atoms with Gasteiger partial charge >= 0.3 is 6.18 Å². The van der Waals surface area contributed by atoms with E-state index in [9.17, 15) is 13.2 Å². The van der Waals surface area contributed by atoms with Crippen LogP contribution in [0.15, 0.2) is 28.6 Å². The SMILES string of the molecule is CCCOc1ccc(OCCSc2nnc(NCC(F)(F)F)s2)cc1. The van der Waals surface area contributed by atoms with Crippen molar-refractivity contribution in [3.05, 3.63) is 24.3 Å². The Balaban J connectivity index is 1.66. The van der Waals surface area contributed by atoms with Gasteiger partial charge in [-0.1, -0.05) is 30.0 Å². The molecule has 0 saturated carbocycles. The van der Waals surface area contributed by atoms with Crippen LogP contribution in [-0.2, 0) is 0 Å². The number of nitrogens with zero attached hydrogens (tertiary/aromatic N) is 2. The van der Waals surface area contributed by atoms with Crippen molar-refractivity contribution in [2.45, 2.75) is 23.9 Å². The molecule has 0 amide bonds. The monoisotopic (exact) mass is 393 g/mol. The maximum atomic E-state index is 12.1. The zero-order valence-corrected chi connectivity index (χ0v) is 15.1. The van der Waals surface area contributed by atoms with Gasteiger partial charge in [-0.15, -0.1) is 10.2 Å². The summed E-state index contributed by atoms with van der Waals surface area (Å²) in [5.74, 6) is 2.15. The van der Waals surface area contributed by atoms with Crippen molar-refractivity contribution < 1.29 is 22.6 Å². The quantitative estimate of drug-likeness (QED) is 0.475. The molecule has 0 aliphatic carbocycles. The average Bonchev–Trinajstić information content (AvgIpc) is 3.03. The largest absolute Gasteiger partial charge is 0.494 e. The minimum absolute atomic E-state index is 0.156. The molecule has 1 heterocycles. The van der Waals surface area contributed by atoms with Crippen LogP contribution >= 0.6 is 23.1 Å². The molecule has 0 bridgehead atoms. The third kappa shape index (κ3) is 7.82. The molecule has 1 aromatic heterocycles. The van der Waals surface area contributed by atoms with E-state index in [1.165, 1.54) is 11.8 Å². The second-order valence-corrected chi connectivity index (χ2v) is 7.18. The molecule has 0 atom stereocenters.